The summed E-state index contributed by atoms with van der Waals surface area (Å²) < 4.78 is 7.40. The topological polar surface area (TPSA) is 73.0 Å². The molecule has 0 fully saturated rings. The molecule has 0 aromatic carbocycles. The lowest BCUT2D eigenvalue weighted by atomic mass is 9.81. The summed E-state index contributed by atoms with van der Waals surface area (Å²) >= 11 is 3.13. The monoisotopic (exact) mass is 384 g/mol. The maximum absolute atomic E-state index is 13.1. The predicted octanol–water partition coefficient (Wildman–Crippen LogP) is 4.07. The molecule has 3 aromatic heterocycles. The van der Waals surface area contributed by atoms with Gasteiger partial charge < -0.3 is 9.73 Å². The molecule has 3 aromatic rings. The highest BCUT2D eigenvalue weighted by Gasteiger charge is 2.40. The quantitative estimate of drug-likeness (QED) is 0.686. The van der Waals surface area contributed by atoms with Crippen molar-refractivity contribution in [1.29, 1.82) is 0 Å². The molecule has 0 bridgehead atoms. The van der Waals surface area contributed by atoms with Gasteiger partial charge in [-0.2, -0.15) is 4.98 Å². The highest BCUT2D eigenvalue weighted by Crippen LogP contribution is 2.45. The molecule has 8 heteroatoms. The Morgan fingerprint density at radius 2 is 2.27 bits per heavy atom. The number of furan rings is 1. The van der Waals surface area contributed by atoms with Crippen LogP contribution in [0.5, 0.6) is 0 Å². The molecular formula is C18H16N4O2S2. The van der Waals surface area contributed by atoms with E-state index in [1.54, 1.807) is 17.6 Å². The van der Waals surface area contributed by atoms with E-state index in [9.17, 15) is 4.79 Å². The van der Waals surface area contributed by atoms with E-state index < -0.39 is 0 Å². The second-order valence-corrected chi connectivity index (χ2v) is 8.10. The Hall–Kier alpha value is -2.32. The van der Waals surface area contributed by atoms with E-state index in [4.69, 9.17) is 4.42 Å². The molecule has 6 nitrogen and oxygen atoms in total. The second kappa shape index (κ2) is 6.14. The molecule has 2 aliphatic rings. The van der Waals surface area contributed by atoms with E-state index in [-0.39, 0.29) is 17.7 Å². The molecule has 26 heavy (non-hydrogen) atoms. The van der Waals surface area contributed by atoms with Crippen LogP contribution in [0.4, 0.5) is 5.95 Å². The van der Waals surface area contributed by atoms with Crippen LogP contribution < -0.4 is 5.32 Å². The van der Waals surface area contributed by atoms with Crippen LogP contribution >= 0.6 is 23.1 Å². The average Bonchev–Trinajstić information content (AvgIpc) is 3.40. The first-order valence-corrected chi connectivity index (χ1v) is 10.5. The van der Waals surface area contributed by atoms with Crippen molar-refractivity contribution >= 4 is 34.8 Å². The Labute approximate surface area is 158 Å². The number of carbonyl (C=O) groups excluding carboxylic acids is 1. The molecule has 0 amide bonds. The Bertz CT molecular complexity index is 989. The zero-order valence-corrected chi connectivity index (χ0v) is 15.6. The van der Waals surface area contributed by atoms with E-state index >= 15 is 0 Å². The molecule has 1 aliphatic heterocycles. The van der Waals surface area contributed by atoms with Gasteiger partial charge in [0.05, 0.1) is 6.26 Å². The number of aromatic nitrogens is 3. The third-order valence-corrected chi connectivity index (χ3v) is 6.30. The first kappa shape index (κ1) is 15.9. The van der Waals surface area contributed by atoms with Crippen molar-refractivity contribution in [2.75, 3.05) is 11.6 Å². The number of hydrogen-bond acceptors (Lipinski definition) is 7. The van der Waals surface area contributed by atoms with Gasteiger partial charge in [-0.1, -0.05) is 17.8 Å². The lowest BCUT2D eigenvalue weighted by Gasteiger charge is -2.33. The number of hydrogen-bond donors (Lipinski definition) is 1. The first-order valence-electron chi connectivity index (χ1n) is 8.35. The van der Waals surface area contributed by atoms with Crippen molar-refractivity contribution in [2.45, 2.75) is 30.0 Å². The summed E-state index contributed by atoms with van der Waals surface area (Å²) in [7, 11) is 0. The molecule has 1 N–H and O–H groups in total. The fourth-order valence-corrected chi connectivity index (χ4v) is 4.88. The SMILES string of the molecule is CSc1nc2n(n1)[C@@H](c1cccs1)C1=C(C[C@@H](c3ccco3)CC1=O)N2. The lowest BCUT2D eigenvalue weighted by Crippen LogP contribution is -2.33. The van der Waals surface area contributed by atoms with Crippen LogP contribution in [-0.2, 0) is 4.79 Å². The normalized spacial score (nSPS) is 22.1. The zero-order valence-electron chi connectivity index (χ0n) is 14.0. The second-order valence-electron chi connectivity index (χ2n) is 6.35. The smallest absolute Gasteiger partial charge is 0.227 e. The Morgan fingerprint density at radius 3 is 3.00 bits per heavy atom. The van der Waals surface area contributed by atoms with Gasteiger partial charge >= 0.3 is 0 Å². The van der Waals surface area contributed by atoms with Gasteiger partial charge in [0.25, 0.3) is 0 Å². The zero-order chi connectivity index (χ0) is 17.7. The molecule has 0 unspecified atom stereocenters. The molecule has 132 valence electrons. The van der Waals surface area contributed by atoms with Crippen LogP contribution in [0.1, 0.15) is 35.4 Å². The number of thioether (sulfide) groups is 1. The minimum atomic E-state index is -0.209. The molecule has 0 spiro atoms. The number of nitrogens with one attached hydrogen (secondary N) is 1. The van der Waals surface area contributed by atoms with E-state index in [1.807, 2.05) is 34.5 Å². The molecule has 0 radical (unpaired) electrons. The highest BCUT2D eigenvalue weighted by molar-refractivity contribution is 7.98. The number of thiophene rings is 1. The Balaban J connectivity index is 1.62. The fraction of sp³-hybridized carbons (Fsp3) is 0.278. The van der Waals surface area contributed by atoms with Gasteiger partial charge in [-0.15, -0.1) is 16.4 Å². The number of fused-ring (bicyclic) bond motifs is 1. The van der Waals surface area contributed by atoms with Gasteiger partial charge in [-0.05, 0) is 36.3 Å². The number of allylic oxidation sites excluding steroid dienone is 2. The molecule has 2 atom stereocenters. The number of anilines is 1. The van der Waals surface area contributed by atoms with Crippen molar-refractivity contribution in [1.82, 2.24) is 14.8 Å². The van der Waals surface area contributed by atoms with Crippen LogP contribution in [0.15, 0.2) is 56.8 Å². The number of rotatable bonds is 3. The fourth-order valence-electron chi connectivity index (χ4n) is 3.71. The standard InChI is InChI=1S/C18H16N4O2S2/c1-25-18-20-17-19-11-8-10(13-4-2-6-24-13)9-12(23)15(11)16(22(17)21-18)14-5-3-7-26-14/h2-7,10,16H,8-9H2,1H3,(H,19,20,21)/t10-,16+/m1/s1. The van der Waals surface area contributed by atoms with Gasteiger partial charge in [0.1, 0.15) is 11.8 Å². The Kier molecular flexibility index (Phi) is 3.75. The van der Waals surface area contributed by atoms with Crippen molar-refractivity contribution < 1.29 is 9.21 Å². The van der Waals surface area contributed by atoms with E-state index in [0.717, 1.165) is 28.3 Å². The Morgan fingerprint density at radius 1 is 1.35 bits per heavy atom. The summed E-state index contributed by atoms with van der Waals surface area (Å²) in [5.74, 6) is 1.75. The summed E-state index contributed by atoms with van der Waals surface area (Å²) in [6.45, 7) is 0. The number of ketones is 1. The number of carbonyl (C=O) groups is 1. The number of Topliss-reactive ketones (excluding diaryl/α,β-unsaturated/α-hetero) is 1. The maximum atomic E-state index is 13.1. The maximum Gasteiger partial charge on any atom is 0.227 e. The molecule has 5 rings (SSSR count). The summed E-state index contributed by atoms with van der Waals surface area (Å²) in [6, 6.07) is 7.67. The largest absolute Gasteiger partial charge is 0.469 e. The number of nitrogens with zero attached hydrogens (tertiary/aromatic N) is 3. The van der Waals surface area contributed by atoms with Crippen LogP contribution in [-0.4, -0.2) is 26.8 Å². The summed E-state index contributed by atoms with van der Waals surface area (Å²) in [4.78, 5) is 18.8. The van der Waals surface area contributed by atoms with Gasteiger partial charge in [0, 0.05) is 28.5 Å². The minimum Gasteiger partial charge on any atom is -0.469 e. The summed E-state index contributed by atoms with van der Waals surface area (Å²) in [5.41, 5.74) is 1.74. The predicted molar refractivity (Wildman–Crippen MR) is 101 cm³/mol. The average molecular weight is 384 g/mol. The van der Waals surface area contributed by atoms with Crippen molar-refractivity contribution in [3.8, 4) is 0 Å². The molecule has 1 aliphatic carbocycles. The van der Waals surface area contributed by atoms with Crippen molar-refractivity contribution in [3.63, 3.8) is 0 Å². The van der Waals surface area contributed by atoms with E-state index in [0.29, 0.717) is 17.5 Å². The molecule has 0 saturated carbocycles. The van der Waals surface area contributed by atoms with Crippen LogP contribution in [0, 0.1) is 0 Å². The molecule has 4 heterocycles. The first-order chi connectivity index (χ1) is 12.7. The van der Waals surface area contributed by atoms with Crippen LogP contribution in [0.3, 0.4) is 0 Å². The third kappa shape index (κ3) is 2.44. The van der Waals surface area contributed by atoms with Crippen molar-refractivity contribution in [2.24, 2.45) is 0 Å². The lowest BCUT2D eigenvalue weighted by molar-refractivity contribution is -0.116. The van der Waals surface area contributed by atoms with Gasteiger partial charge in [0.2, 0.25) is 11.1 Å². The third-order valence-electron chi connectivity index (χ3n) is 4.84. The summed E-state index contributed by atoms with van der Waals surface area (Å²) in [5, 5.41) is 10.7. The van der Waals surface area contributed by atoms with Crippen LogP contribution in [0.2, 0.25) is 0 Å². The van der Waals surface area contributed by atoms with E-state index in [1.165, 1.54) is 11.8 Å². The van der Waals surface area contributed by atoms with Gasteiger partial charge in [-0.25, -0.2) is 4.68 Å². The highest BCUT2D eigenvalue weighted by atomic mass is 32.2. The summed E-state index contributed by atoms with van der Waals surface area (Å²) in [6.07, 6.45) is 4.80. The minimum absolute atomic E-state index is 0.0576. The van der Waals surface area contributed by atoms with Gasteiger partial charge in [0.15, 0.2) is 5.78 Å². The van der Waals surface area contributed by atoms with Crippen molar-refractivity contribution in [3.05, 3.63) is 57.8 Å². The van der Waals surface area contributed by atoms with Gasteiger partial charge in [-0.3, -0.25) is 4.79 Å². The van der Waals surface area contributed by atoms with E-state index in [2.05, 4.69) is 21.5 Å². The molecular weight excluding hydrogens is 368 g/mol. The van der Waals surface area contributed by atoms with Crippen LogP contribution in [0.25, 0.3) is 0 Å². The molecule has 0 saturated heterocycles.